The highest BCUT2D eigenvalue weighted by Crippen LogP contribution is 2.13. The Morgan fingerprint density at radius 3 is 1.71 bits per heavy atom. The lowest BCUT2D eigenvalue weighted by Gasteiger charge is -2.13. The van der Waals surface area contributed by atoms with Gasteiger partial charge >= 0.3 is 11.9 Å². The monoisotopic (exact) mass is 248 g/mol. The van der Waals surface area contributed by atoms with E-state index in [4.69, 9.17) is 0 Å². The lowest BCUT2D eigenvalue weighted by Crippen LogP contribution is -2.21. The van der Waals surface area contributed by atoms with Gasteiger partial charge < -0.3 is 9.47 Å². The van der Waals surface area contributed by atoms with Crippen molar-refractivity contribution in [3.63, 3.8) is 0 Å². The lowest BCUT2D eigenvalue weighted by molar-refractivity contribution is -0.149. The van der Waals surface area contributed by atoms with Gasteiger partial charge in [-0.15, -0.1) is 0 Å². The largest absolute Gasteiger partial charge is 0.469 e. The van der Waals surface area contributed by atoms with E-state index in [1.165, 1.54) is 14.2 Å². The number of rotatable bonds is 3. The minimum atomic E-state index is -0.352. The van der Waals surface area contributed by atoms with Crippen LogP contribution in [0.5, 0.6) is 0 Å². The second-order valence-corrected chi connectivity index (χ2v) is 4.42. The molecule has 0 aliphatic rings. The van der Waals surface area contributed by atoms with Gasteiger partial charge in [0.2, 0.25) is 0 Å². The molecule has 0 unspecified atom stereocenters. The van der Waals surface area contributed by atoms with Gasteiger partial charge in [-0.25, -0.2) is 0 Å². The number of hydrogen-bond acceptors (Lipinski definition) is 4. The summed E-state index contributed by atoms with van der Waals surface area (Å²) >= 11 is 0. The van der Waals surface area contributed by atoms with Crippen molar-refractivity contribution in [2.75, 3.05) is 14.2 Å². The zero-order valence-corrected chi connectivity index (χ0v) is 11.3. The highest BCUT2D eigenvalue weighted by molar-refractivity contribution is 5.75. The maximum absolute atomic E-state index is 10.6. The number of hydrogen-bond donors (Lipinski definition) is 0. The van der Waals surface area contributed by atoms with Crippen molar-refractivity contribution in [1.29, 1.82) is 0 Å². The zero-order chi connectivity index (χ0) is 13.2. The minimum Gasteiger partial charge on any atom is -0.469 e. The summed E-state index contributed by atoms with van der Waals surface area (Å²) in [6.45, 7) is 7.50. The molecule has 0 aromatic heterocycles. The number of ether oxygens (including phenoxy) is 2. The highest BCUT2D eigenvalue weighted by Gasteiger charge is 2.21. The van der Waals surface area contributed by atoms with Crippen LogP contribution in [-0.2, 0) is 19.1 Å². The molecule has 0 bridgehead atoms. The van der Waals surface area contributed by atoms with Crippen LogP contribution in [0.4, 0.5) is 0 Å². The van der Waals surface area contributed by atoms with Crippen LogP contribution in [0.15, 0.2) is 0 Å². The molecule has 0 saturated carbocycles. The van der Waals surface area contributed by atoms with E-state index in [2.05, 4.69) is 9.47 Å². The van der Waals surface area contributed by atoms with Crippen molar-refractivity contribution in [1.82, 2.24) is 0 Å². The Morgan fingerprint density at radius 2 is 1.53 bits per heavy atom. The van der Waals surface area contributed by atoms with E-state index < -0.39 is 0 Å². The number of carbonyl (C=O) groups excluding carboxylic acids is 2. The van der Waals surface area contributed by atoms with Crippen molar-refractivity contribution in [2.45, 2.75) is 54.4 Å². The first-order valence-corrected chi connectivity index (χ1v) is 5.44. The molecule has 0 spiro atoms. The summed E-state index contributed by atoms with van der Waals surface area (Å²) in [4.78, 5) is 21.0. The Balaban J connectivity index is -0.000000218. The number of methoxy groups -OCH3 is 2. The van der Waals surface area contributed by atoms with Gasteiger partial charge in [0.05, 0.1) is 19.6 Å². The zero-order valence-electron chi connectivity index (χ0n) is 11.3. The maximum atomic E-state index is 10.6. The summed E-state index contributed by atoms with van der Waals surface area (Å²) in [6.07, 6.45) is 2.55. The molecule has 0 fully saturated rings. The van der Waals surface area contributed by atoms with Gasteiger partial charge in [0.25, 0.3) is 0 Å². The first kappa shape index (κ1) is 21.2. The molecule has 0 aromatic carbocycles. The molecule has 4 nitrogen and oxygen atoms in total. The van der Waals surface area contributed by atoms with Gasteiger partial charge in [-0.05, 0) is 27.2 Å². The average molecular weight is 248 g/mol. The van der Waals surface area contributed by atoms with Gasteiger partial charge in [-0.3, -0.25) is 9.59 Å². The second-order valence-electron chi connectivity index (χ2n) is 4.42. The van der Waals surface area contributed by atoms with Gasteiger partial charge in [0, 0.05) is 6.42 Å². The van der Waals surface area contributed by atoms with Gasteiger partial charge in [0.1, 0.15) is 0 Å². The van der Waals surface area contributed by atoms with E-state index in [0.717, 1.165) is 12.8 Å². The van der Waals surface area contributed by atoms with Crippen LogP contribution < -0.4 is 0 Å². The quantitative estimate of drug-likeness (QED) is 0.720. The molecular weight excluding hydrogens is 220 g/mol. The molecule has 0 rings (SSSR count). The van der Waals surface area contributed by atoms with Crippen molar-refractivity contribution in [2.24, 2.45) is 5.41 Å². The summed E-state index contributed by atoms with van der Waals surface area (Å²) in [5, 5.41) is 0. The smallest absolute Gasteiger partial charge is 0.310 e. The number of carbonyl (C=O) groups is 2. The Kier molecular flexibility index (Phi) is 14.3. The average Bonchev–Trinajstić information content (AvgIpc) is 2.24. The standard InChI is InChI=1S/2C6H12O2.CH4/c1-6(2,3)5(7)8-4;1-3-4-5-6(7)8-2;/h1-4H3;3-5H2,1-2H3;1H4. The van der Waals surface area contributed by atoms with E-state index in [-0.39, 0.29) is 24.8 Å². The van der Waals surface area contributed by atoms with Gasteiger partial charge in [-0.1, -0.05) is 20.8 Å². The molecule has 0 aliphatic heterocycles. The Bertz CT molecular complexity index is 204. The van der Waals surface area contributed by atoms with Crippen molar-refractivity contribution >= 4 is 11.9 Å². The summed E-state index contributed by atoms with van der Waals surface area (Å²) in [6, 6.07) is 0. The predicted molar refractivity (Wildman–Crippen MR) is 69.7 cm³/mol. The fourth-order valence-corrected chi connectivity index (χ4v) is 0.729. The molecule has 0 atom stereocenters. The highest BCUT2D eigenvalue weighted by atomic mass is 16.5. The molecule has 0 N–H and O–H groups in total. The van der Waals surface area contributed by atoms with Crippen LogP contribution in [0.3, 0.4) is 0 Å². The van der Waals surface area contributed by atoms with Gasteiger partial charge in [-0.2, -0.15) is 0 Å². The molecule has 0 saturated heterocycles. The minimum absolute atomic E-state index is 0. The molecule has 0 aliphatic carbocycles. The van der Waals surface area contributed by atoms with Crippen LogP contribution in [0.1, 0.15) is 54.4 Å². The summed E-state index contributed by atoms with van der Waals surface area (Å²) in [5.74, 6) is -0.274. The molecule has 0 radical (unpaired) electrons. The van der Waals surface area contributed by atoms with Crippen molar-refractivity contribution in [3.05, 3.63) is 0 Å². The van der Waals surface area contributed by atoms with Crippen LogP contribution in [0, 0.1) is 5.41 Å². The summed E-state index contributed by atoms with van der Waals surface area (Å²) in [7, 11) is 2.81. The third kappa shape index (κ3) is 14.9. The van der Waals surface area contributed by atoms with E-state index in [9.17, 15) is 9.59 Å². The first-order chi connectivity index (χ1) is 7.29. The van der Waals surface area contributed by atoms with Crippen LogP contribution in [-0.4, -0.2) is 26.2 Å². The second kappa shape index (κ2) is 11.4. The molecule has 4 heteroatoms. The van der Waals surface area contributed by atoms with E-state index in [1.54, 1.807) is 0 Å². The predicted octanol–water partition coefficient (Wildman–Crippen LogP) is 3.19. The Hall–Kier alpha value is -1.06. The molecule has 0 amide bonds. The lowest BCUT2D eigenvalue weighted by atomic mass is 9.98. The first-order valence-electron chi connectivity index (χ1n) is 5.44. The van der Waals surface area contributed by atoms with Crippen LogP contribution >= 0.6 is 0 Å². The van der Waals surface area contributed by atoms with Crippen molar-refractivity contribution < 1.29 is 19.1 Å². The summed E-state index contributed by atoms with van der Waals surface area (Å²) < 4.78 is 8.89. The van der Waals surface area contributed by atoms with Crippen LogP contribution in [0.2, 0.25) is 0 Å². The topological polar surface area (TPSA) is 52.6 Å². The Labute approximate surface area is 106 Å². The van der Waals surface area contributed by atoms with Crippen molar-refractivity contribution in [3.8, 4) is 0 Å². The summed E-state index contributed by atoms with van der Waals surface area (Å²) in [5.41, 5.74) is -0.352. The van der Waals surface area contributed by atoms with Gasteiger partial charge in [0.15, 0.2) is 0 Å². The maximum Gasteiger partial charge on any atom is 0.310 e. The molecule has 0 heterocycles. The fraction of sp³-hybridized carbons (Fsp3) is 0.846. The molecule has 0 aromatic rings. The number of unbranched alkanes of at least 4 members (excludes halogenated alkanes) is 1. The van der Waals surface area contributed by atoms with E-state index in [1.807, 2.05) is 27.7 Å². The Morgan fingerprint density at radius 1 is 1.06 bits per heavy atom. The molecule has 104 valence electrons. The van der Waals surface area contributed by atoms with E-state index in [0.29, 0.717) is 6.42 Å². The molecular formula is C13H28O4. The van der Waals surface area contributed by atoms with E-state index >= 15 is 0 Å². The normalized spacial score (nSPS) is 9.29. The van der Waals surface area contributed by atoms with Crippen LogP contribution in [0.25, 0.3) is 0 Å². The third-order valence-electron chi connectivity index (χ3n) is 1.76. The molecule has 17 heavy (non-hydrogen) atoms. The fourth-order valence-electron chi connectivity index (χ4n) is 0.729. The number of esters is 2. The SMILES string of the molecule is C.CCCCC(=O)OC.COC(=O)C(C)(C)C. The third-order valence-corrected chi connectivity index (χ3v) is 1.76.